The van der Waals surface area contributed by atoms with Gasteiger partial charge in [0.2, 0.25) is 0 Å². The fourth-order valence-electron chi connectivity index (χ4n) is 6.84. The summed E-state index contributed by atoms with van der Waals surface area (Å²) in [6.45, 7) is 18.8. The predicted molar refractivity (Wildman–Crippen MR) is 201 cm³/mol. The van der Waals surface area contributed by atoms with Crippen molar-refractivity contribution in [2.75, 3.05) is 0 Å². The van der Waals surface area contributed by atoms with Crippen molar-refractivity contribution >= 4 is 60.9 Å². The Hall–Kier alpha value is -1.06. The average molecular weight is 705 g/mol. The molecule has 44 heavy (non-hydrogen) atoms. The van der Waals surface area contributed by atoms with E-state index >= 15 is 0 Å². The zero-order chi connectivity index (χ0) is 29.7. The minimum absolute atomic E-state index is 0. The Bertz CT molecular complexity index is 1250. The van der Waals surface area contributed by atoms with Gasteiger partial charge >= 0.3 is 265 Å². The topological polar surface area (TPSA) is 0 Å². The molecule has 5 heteroatoms. The van der Waals surface area contributed by atoms with Gasteiger partial charge in [-0.2, -0.15) is 0 Å². The molecular weight excluding hydrogens is 651 g/mol. The Kier molecular flexibility index (Phi) is 17.1. The van der Waals surface area contributed by atoms with Crippen molar-refractivity contribution in [3.05, 3.63) is 109 Å². The fraction of sp³-hybridized carbons (Fsp3) is 0.436. The smallest absolute Gasteiger partial charge is 0.147 e. The summed E-state index contributed by atoms with van der Waals surface area (Å²) in [5.41, 5.74) is 10.5. The second-order valence-corrected chi connectivity index (χ2v) is 16.7. The molecule has 239 valence electrons. The Balaban J connectivity index is 0.00000323. The molecule has 0 radical (unpaired) electrons. The van der Waals surface area contributed by atoms with Gasteiger partial charge in [-0.1, -0.05) is 0 Å². The molecule has 0 fully saturated rings. The summed E-state index contributed by atoms with van der Waals surface area (Å²) >= 11 is 2.41. The monoisotopic (exact) mass is 703 g/mol. The first kappa shape index (κ1) is 41.0. The van der Waals surface area contributed by atoms with Crippen molar-refractivity contribution in [2.24, 2.45) is 5.92 Å². The molecule has 1 aliphatic rings. The van der Waals surface area contributed by atoms with Gasteiger partial charge in [0.15, 0.2) is 0 Å². The van der Waals surface area contributed by atoms with E-state index in [4.69, 9.17) is 0 Å². The van der Waals surface area contributed by atoms with Gasteiger partial charge in [0, 0.05) is 0 Å². The van der Waals surface area contributed by atoms with E-state index in [-0.39, 0.29) is 37.2 Å². The number of benzene rings is 3. The van der Waals surface area contributed by atoms with Crippen LogP contribution in [0.15, 0.2) is 75.3 Å². The van der Waals surface area contributed by atoms with Crippen LogP contribution in [0.2, 0.25) is 0 Å². The molecule has 1 aliphatic carbocycles. The van der Waals surface area contributed by atoms with Gasteiger partial charge in [0.1, 0.15) is 0 Å². The van der Waals surface area contributed by atoms with Gasteiger partial charge in [-0.25, -0.2) is 0 Å². The molecule has 1 atom stereocenters. The summed E-state index contributed by atoms with van der Waals surface area (Å²) in [6, 6.07) is 23.1. The van der Waals surface area contributed by atoms with E-state index in [0.29, 0.717) is 5.92 Å². The van der Waals surface area contributed by atoms with Crippen LogP contribution < -0.4 is 15.6 Å². The molecule has 0 spiro atoms. The summed E-state index contributed by atoms with van der Waals surface area (Å²) in [7, 11) is -2.66. The van der Waals surface area contributed by atoms with Crippen LogP contribution in [0.4, 0.5) is 0 Å². The Morgan fingerprint density at radius 3 is 1.09 bits per heavy atom. The number of hydrogen-bond acceptors (Lipinski definition) is 0. The van der Waals surface area contributed by atoms with Crippen molar-refractivity contribution in [2.45, 2.75) is 107 Å². The van der Waals surface area contributed by atoms with Crippen LogP contribution in [0, 0.1) is 5.92 Å². The van der Waals surface area contributed by atoms with Gasteiger partial charge in [0.25, 0.3) is 0 Å². The second-order valence-electron chi connectivity index (χ2n) is 12.0. The molecule has 3 aromatic carbocycles. The van der Waals surface area contributed by atoms with Crippen LogP contribution in [0.3, 0.4) is 0 Å². The first-order chi connectivity index (χ1) is 19.8. The van der Waals surface area contributed by atoms with Crippen LogP contribution in [0.1, 0.15) is 102 Å². The first-order valence-electron chi connectivity index (χ1n) is 16.3. The maximum absolute atomic E-state index is 2.67. The standard InChI is InChI=1S/C39H51Si.3ClH.Ti/c1-9-28(8)38-17-16-18-39(38)40(35-22-29(10-2)19-30(11-3)23-35,36-24-31(12-4)20-32(13-5)25-36)37-26-33(14-6)21-34(15-7)27-37;;;;/h18-28H,9-16H2,1-8H3;3*1H;. The van der Waals surface area contributed by atoms with Crippen LogP contribution >= 0.6 is 37.2 Å². The Labute approximate surface area is 300 Å². The zero-order valence-electron chi connectivity index (χ0n) is 28.2. The van der Waals surface area contributed by atoms with Crippen molar-refractivity contribution in [3.8, 4) is 0 Å². The molecule has 0 saturated heterocycles. The van der Waals surface area contributed by atoms with Gasteiger partial charge < -0.3 is 0 Å². The largest absolute Gasteiger partial charge is 0.147 e. The quantitative estimate of drug-likeness (QED) is 0.130. The molecular formula is C39H54Cl3SiTi. The van der Waals surface area contributed by atoms with E-state index in [1.807, 2.05) is 0 Å². The molecule has 0 aromatic heterocycles. The number of hydrogen-bond donors (Lipinski definition) is 0. The Morgan fingerprint density at radius 2 is 0.841 bits per heavy atom. The van der Waals surface area contributed by atoms with Crippen molar-refractivity contribution < 1.29 is 20.4 Å². The minimum Gasteiger partial charge on any atom is -0.147 e. The average Bonchev–Trinajstić information content (AvgIpc) is 3.41. The molecule has 0 saturated carbocycles. The van der Waals surface area contributed by atoms with Crippen LogP contribution in [-0.2, 0) is 59.0 Å². The zero-order valence-corrected chi connectivity index (χ0v) is 33.2. The SMILES string of the molecule is CCc1cc(CC)cc([Si](C2=CC[C]([Ti])=C2C(C)CC)(c2cc(CC)cc(CC)c2)c2cc(CC)cc(CC)c2)c1.Cl.Cl.Cl. The first-order valence-corrected chi connectivity index (χ1v) is 19.1. The van der Waals surface area contributed by atoms with E-state index in [1.54, 1.807) is 30.2 Å². The van der Waals surface area contributed by atoms with E-state index in [2.05, 4.69) is 136 Å². The molecule has 0 aliphatic heterocycles. The summed E-state index contributed by atoms with van der Waals surface area (Å²) in [6.07, 6.45) is 11.4. The van der Waals surface area contributed by atoms with Gasteiger partial charge in [-0.15, -0.1) is 37.2 Å². The predicted octanol–water partition coefficient (Wildman–Crippen LogP) is 9.51. The van der Waals surface area contributed by atoms with E-state index in [0.717, 1.165) is 44.9 Å². The molecule has 0 N–H and O–H groups in total. The summed E-state index contributed by atoms with van der Waals surface area (Å²) < 4.78 is 1.58. The van der Waals surface area contributed by atoms with Crippen LogP contribution in [0.25, 0.3) is 0 Å². The van der Waals surface area contributed by atoms with E-state index < -0.39 is 8.07 Å². The Morgan fingerprint density at radius 1 is 0.545 bits per heavy atom. The fourth-order valence-corrected chi connectivity index (χ4v) is 13.3. The van der Waals surface area contributed by atoms with Crippen molar-refractivity contribution in [1.29, 1.82) is 0 Å². The third kappa shape index (κ3) is 8.07. The number of halogens is 3. The number of allylic oxidation sites excluding steroid dienone is 4. The second kappa shape index (κ2) is 18.3. The van der Waals surface area contributed by atoms with Crippen LogP contribution in [-0.4, -0.2) is 8.07 Å². The van der Waals surface area contributed by atoms with Crippen molar-refractivity contribution in [3.63, 3.8) is 0 Å². The molecule has 4 rings (SSSR count). The third-order valence-corrected chi connectivity index (χ3v) is 15.0. The van der Waals surface area contributed by atoms with Gasteiger partial charge in [0.05, 0.1) is 0 Å². The maximum atomic E-state index is 2.67. The molecule has 0 bridgehead atoms. The minimum atomic E-state index is -2.66. The maximum Gasteiger partial charge on any atom is -0.147 e. The number of aryl methyl sites for hydroxylation is 6. The summed E-state index contributed by atoms with van der Waals surface area (Å²) in [4.78, 5) is 0. The molecule has 0 heterocycles. The molecule has 3 aromatic rings. The normalized spacial score (nSPS) is 13.5. The third-order valence-electron chi connectivity index (χ3n) is 9.54. The van der Waals surface area contributed by atoms with Crippen molar-refractivity contribution in [1.82, 2.24) is 0 Å². The van der Waals surface area contributed by atoms with E-state index in [1.165, 1.54) is 39.8 Å². The van der Waals surface area contributed by atoms with Gasteiger partial charge in [-0.05, 0) is 0 Å². The number of rotatable bonds is 12. The van der Waals surface area contributed by atoms with Gasteiger partial charge in [-0.3, -0.25) is 0 Å². The molecule has 0 amide bonds. The summed E-state index contributed by atoms with van der Waals surface area (Å²) in [5.74, 6) is 0.552. The molecule has 1 unspecified atom stereocenters. The van der Waals surface area contributed by atoms with Crippen LogP contribution in [0.5, 0.6) is 0 Å². The van der Waals surface area contributed by atoms with E-state index in [9.17, 15) is 0 Å². The molecule has 0 nitrogen and oxygen atoms in total. The summed E-state index contributed by atoms with van der Waals surface area (Å²) in [5, 5.41) is 6.42.